The minimum atomic E-state index is -0.304. The zero-order chi connectivity index (χ0) is 18.4. The molecule has 2 aromatic rings. The Morgan fingerprint density at radius 1 is 1.12 bits per heavy atom. The molecule has 0 radical (unpaired) electrons. The minimum absolute atomic E-state index is 0.0762. The molecule has 1 amide bonds. The fourth-order valence-corrected chi connectivity index (χ4v) is 2.91. The van der Waals surface area contributed by atoms with Gasteiger partial charge in [0.25, 0.3) is 5.91 Å². The molecule has 134 valence electrons. The average molecular weight is 346 g/mol. The highest BCUT2D eigenvalue weighted by atomic mass is 19.1. The SMILES string of the molecule is CNC.Cc1cc(C(=O)N2CCC(c3ccc(F)cc3)C2)ccc1F. The Bertz CT molecular complexity index is 716. The number of nitrogens with zero attached hydrogens (tertiary/aromatic N) is 1. The Kier molecular flexibility index (Phi) is 6.65. The predicted octanol–water partition coefficient (Wildman–Crippen LogP) is 3.74. The van der Waals surface area contributed by atoms with E-state index < -0.39 is 0 Å². The molecule has 1 heterocycles. The molecule has 5 heteroatoms. The van der Waals surface area contributed by atoms with E-state index in [-0.39, 0.29) is 23.5 Å². The van der Waals surface area contributed by atoms with Gasteiger partial charge in [0.2, 0.25) is 0 Å². The summed E-state index contributed by atoms with van der Waals surface area (Å²) < 4.78 is 26.3. The van der Waals surface area contributed by atoms with Gasteiger partial charge in [-0.1, -0.05) is 12.1 Å². The van der Waals surface area contributed by atoms with Gasteiger partial charge in [0.15, 0.2) is 0 Å². The van der Waals surface area contributed by atoms with Crippen molar-refractivity contribution in [1.29, 1.82) is 0 Å². The molecule has 25 heavy (non-hydrogen) atoms. The van der Waals surface area contributed by atoms with Crippen LogP contribution in [0.1, 0.15) is 33.8 Å². The molecule has 1 aliphatic rings. The Morgan fingerprint density at radius 3 is 2.36 bits per heavy atom. The zero-order valence-corrected chi connectivity index (χ0v) is 14.9. The van der Waals surface area contributed by atoms with E-state index in [9.17, 15) is 13.6 Å². The molecule has 1 unspecified atom stereocenters. The maximum Gasteiger partial charge on any atom is 0.253 e. The summed E-state index contributed by atoms with van der Waals surface area (Å²) in [6.45, 7) is 2.93. The number of hydrogen-bond acceptors (Lipinski definition) is 2. The topological polar surface area (TPSA) is 32.3 Å². The molecule has 1 saturated heterocycles. The highest BCUT2D eigenvalue weighted by molar-refractivity contribution is 5.94. The van der Waals surface area contributed by atoms with Gasteiger partial charge in [-0.05, 0) is 68.9 Å². The van der Waals surface area contributed by atoms with Gasteiger partial charge < -0.3 is 10.2 Å². The molecule has 1 aliphatic heterocycles. The van der Waals surface area contributed by atoms with Crippen molar-refractivity contribution >= 4 is 5.91 Å². The number of nitrogens with one attached hydrogen (secondary N) is 1. The van der Waals surface area contributed by atoms with Gasteiger partial charge in [0, 0.05) is 24.6 Å². The fourth-order valence-electron chi connectivity index (χ4n) is 2.91. The molecule has 3 rings (SSSR count). The predicted molar refractivity (Wildman–Crippen MR) is 95.8 cm³/mol. The standard InChI is InChI=1S/C18H17F2NO.C2H7N/c1-12-10-14(4-7-17(12)20)18(22)21-9-8-15(11-21)13-2-5-16(19)6-3-13;1-3-2/h2-7,10,15H,8-9,11H2,1H3;3H,1-2H3. The third-order valence-corrected chi connectivity index (χ3v) is 4.22. The summed E-state index contributed by atoms with van der Waals surface area (Å²) in [6.07, 6.45) is 0.859. The van der Waals surface area contributed by atoms with E-state index in [2.05, 4.69) is 5.32 Å². The van der Waals surface area contributed by atoms with E-state index >= 15 is 0 Å². The Morgan fingerprint density at radius 2 is 1.76 bits per heavy atom. The largest absolute Gasteiger partial charge is 0.338 e. The van der Waals surface area contributed by atoms with Crippen LogP contribution in [0.5, 0.6) is 0 Å². The molecular formula is C20H24F2N2O. The Balaban J connectivity index is 0.000000701. The van der Waals surface area contributed by atoms with Crippen molar-refractivity contribution in [2.75, 3.05) is 27.2 Å². The van der Waals surface area contributed by atoms with E-state index in [1.807, 2.05) is 14.1 Å². The van der Waals surface area contributed by atoms with Crippen molar-refractivity contribution < 1.29 is 13.6 Å². The van der Waals surface area contributed by atoms with Crippen molar-refractivity contribution in [1.82, 2.24) is 10.2 Å². The van der Waals surface area contributed by atoms with Crippen LogP contribution in [-0.2, 0) is 0 Å². The summed E-state index contributed by atoms with van der Waals surface area (Å²) in [7, 11) is 3.75. The number of rotatable bonds is 2. The van der Waals surface area contributed by atoms with Gasteiger partial charge in [0.05, 0.1) is 0 Å². The molecule has 3 nitrogen and oxygen atoms in total. The van der Waals surface area contributed by atoms with Gasteiger partial charge in [-0.25, -0.2) is 8.78 Å². The van der Waals surface area contributed by atoms with E-state index in [4.69, 9.17) is 0 Å². The van der Waals surface area contributed by atoms with E-state index in [0.29, 0.717) is 24.2 Å². The van der Waals surface area contributed by atoms with Crippen LogP contribution in [0.4, 0.5) is 8.78 Å². The first kappa shape index (κ1) is 19.1. The third kappa shape index (κ3) is 4.86. The van der Waals surface area contributed by atoms with Crippen LogP contribution in [0.25, 0.3) is 0 Å². The van der Waals surface area contributed by atoms with Crippen LogP contribution >= 0.6 is 0 Å². The van der Waals surface area contributed by atoms with Crippen molar-refractivity contribution in [2.24, 2.45) is 0 Å². The maximum atomic E-state index is 13.3. The monoisotopic (exact) mass is 346 g/mol. The first-order valence-electron chi connectivity index (χ1n) is 8.35. The van der Waals surface area contributed by atoms with Crippen LogP contribution in [0, 0.1) is 18.6 Å². The number of halogens is 2. The zero-order valence-electron chi connectivity index (χ0n) is 14.9. The average Bonchev–Trinajstić information content (AvgIpc) is 3.08. The number of carbonyl (C=O) groups is 1. The molecule has 0 aliphatic carbocycles. The van der Waals surface area contributed by atoms with Crippen molar-refractivity contribution in [3.8, 4) is 0 Å². The lowest BCUT2D eigenvalue weighted by Crippen LogP contribution is -2.28. The number of carbonyl (C=O) groups excluding carboxylic acids is 1. The first-order chi connectivity index (χ1) is 12.0. The summed E-state index contributed by atoms with van der Waals surface area (Å²) in [5.41, 5.74) is 2.03. The van der Waals surface area contributed by atoms with Gasteiger partial charge in [-0.15, -0.1) is 0 Å². The number of likely N-dealkylation sites (tertiary alicyclic amines) is 1. The quantitative estimate of drug-likeness (QED) is 0.898. The summed E-state index contributed by atoms with van der Waals surface area (Å²) in [6, 6.07) is 10.9. The maximum absolute atomic E-state index is 13.3. The number of hydrogen-bond donors (Lipinski definition) is 1. The summed E-state index contributed by atoms with van der Waals surface area (Å²) in [5.74, 6) is -0.405. The molecule has 1 fully saturated rings. The van der Waals surface area contributed by atoms with E-state index in [1.54, 1.807) is 30.0 Å². The van der Waals surface area contributed by atoms with E-state index in [1.165, 1.54) is 24.3 Å². The lowest BCUT2D eigenvalue weighted by Gasteiger charge is -2.17. The van der Waals surface area contributed by atoms with Crippen molar-refractivity contribution in [3.63, 3.8) is 0 Å². The molecular weight excluding hydrogens is 322 g/mol. The first-order valence-corrected chi connectivity index (χ1v) is 8.35. The fraction of sp³-hybridized carbons (Fsp3) is 0.350. The van der Waals surface area contributed by atoms with Gasteiger partial charge in [0.1, 0.15) is 11.6 Å². The van der Waals surface area contributed by atoms with Crippen LogP contribution in [0.15, 0.2) is 42.5 Å². The van der Waals surface area contributed by atoms with Gasteiger partial charge in [-0.3, -0.25) is 4.79 Å². The number of aryl methyl sites for hydroxylation is 1. The molecule has 0 aromatic heterocycles. The lowest BCUT2D eigenvalue weighted by atomic mass is 9.98. The van der Waals surface area contributed by atoms with Crippen molar-refractivity contribution in [2.45, 2.75) is 19.3 Å². The molecule has 2 aromatic carbocycles. The summed E-state index contributed by atoms with van der Waals surface area (Å²) in [4.78, 5) is 14.3. The summed E-state index contributed by atoms with van der Waals surface area (Å²) in [5, 5.41) is 2.75. The second-order valence-electron chi connectivity index (χ2n) is 6.25. The van der Waals surface area contributed by atoms with Gasteiger partial charge in [-0.2, -0.15) is 0 Å². The molecule has 0 spiro atoms. The third-order valence-electron chi connectivity index (χ3n) is 4.22. The Hall–Kier alpha value is -2.27. The normalized spacial score (nSPS) is 16.4. The Labute approximate surface area is 147 Å². The van der Waals surface area contributed by atoms with Crippen LogP contribution in [-0.4, -0.2) is 38.0 Å². The second kappa shape index (κ2) is 8.72. The molecule has 1 N–H and O–H groups in total. The molecule has 1 atom stereocenters. The van der Waals surface area contributed by atoms with Crippen molar-refractivity contribution in [3.05, 3.63) is 70.8 Å². The lowest BCUT2D eigenvalue weighted by molar-refractivity contribution is 0.0790. The van der Waals surface area contributed by atoms with Gasteiger partial charge >= 0.3 is 0 Å². The minimum Gasteiger partial charge on any atom is -0.338 e. The summed E-state index contributed by atoms with van der Waals surface area (Å²) >= 11 is 0. The highest BCUT2D eigenvalue weighted by Gasteiger charge is 2.28. The van der Waals surface area contributed by atoms with E-state index in [0.717, 1.165) is 12.0 Å². The molecule has 0 bridgehead atoms. The highest BCUT2D eigenvalue weighted by Crippen LogP contribution is 2.28. The molecule has 0 saturated carbocycles. The smallest absolute Gasteiger partial charge is 0.253 e. The number of benzene rings is 2. The van der Waals surface area contributed by atoms with Crippen LogP contribution < -0.4 is 5.32 Å². The van der Waals surface area contributed by atoms with Crippen LogP contribution in [0.2, 0.25) is 0 Å². The van der Waals surface area contributed by atoms with Crippen LogP contribution in [0.3, 0.4) is 0 Å². The number of amides is 1. The second-order valence-corrected chi connectivity index (χ2v) is 6.25.